The molecule has 1 aromatic carbocycles. The first kappa shape index (κ1) is 22.3. The highest BCUT2D eigenvalue weighted by Crippen LogP contribution is 2.25. The van der Waals surface area contributed by atoms with Crippen LogP contribution < -0.4 is 16.4 Å². The van der Waals surface area contributed by atoms with Gasteiger partial charge in [-0.25, -0.2) is 14.6 Å². The molecule has 0 radical (unpaired) electrons. The number of amides is 1. The summed E-state index contributed by atoms with van der Waals surface area (Å²) in [4.78, 5) is 27.8. The first-order valence-electron chi connectivity index (χ1n) is 11.7. The zero-order valence-electron chi connectivity index (χ0n) is 19.5. The predicted molar refractivity (Wildman–Crippen MR) is 132 cm³/mol. The highest BCUT2D eigenvalue weighted by molar-refractivity contribution is 5.92. The van der Waals surface area contributed by atoms with Crippen molar-refractivity contribution in [2.24, 2.45) is 5.73 Å². The quantitative estimate of drug-likeness (QED) is 0.582. The van der Waals surface area contributed by atoms with Crippen LogP contribution in [0.2, 0.25) is 0 Å². The summed E-state index contributed by atoms with van der Waals surface area (Å²) in [7, 11) is 2.21. The number of hydrogen-bond donors (Lipinski definition) is 2. The number of piperazine rings is 1. The molecule has 0 atom stereocenters. The number of aromatic nitrogens is 4. The highest BCUT2D eigenvalue weighted by Gasteiger charge is 2.26. The van der Waals surface area contributed by atoms with E-state index in [0.717, 1.165) is 37.8 Å². The Kier molecular flexibility index (Phi) is 6.16. The van der Waals surface area contributed by atoms with Crippen molar-refractivity contribution in [2.45, 2.75) is 18.9 Å². The molecule has 34 heavy (non-hydrogen) atoms. The number of rotatable bonds is 5. The molecule has 2 saturated heterocycles. The van der Waals surface area contributed by atoms with Gasteiger partial charge in [-0.1, -0.05) is 12.1 Å². The molecular weight excluding hydrogens is 430 g/mol. The number of likely N-dealkylation sites (tertiary alicyclic amines) is 1. The first-order chi connectivity index (χ1) is 16.5. The van der Waals surface area contributed by atoms with Gasteiger partial charge in [0.1, 0.15) is 0 Å². The lowest BCUT2D eigenvalue weighted by molar-refractivity contribution is 0.100. The van der Waals surface area contributed by atoms with E-state index in [0.29, 0.717) is 11.5 Å². The summed E-state index contributed by atoms with van der Waals surface area (Å²) in [5, 5.41) is 4.14. The van der Waals surface area contributed by atoms with Gasteiger partial charge in [-0.3, -0.25) is 9.69 Å². The maximum atomic E-state index is 11.4. The second-order valence-corrected chi connectivity index (χ2v) is 9.11. The molecule has 0 spiro atoms. The van der Waals surface area contributed by atoms with Crippen molar-refractivity contribution in [3.63, 3.8) is 0 Å². The zero-order chi connectivity index (χ0) is 23.7. The molecule has 1 amide bonds. The van der Waals surface area contributed by atoms with Gasteiger partial charge in [0.15, 0.2) is 11.6 Å². The van der Waals surface area contributed by atoms with E-state index in [-0.39, 0.29) is 11.4 Å². The summed E-state index contributed by atoms with van der Waals surface area (Å²) in [5.74, 6) is 0.0257. The van der Waals surface area contributed by atoms with E-state index in [1.807, 2.05) is 0 Å². The topological polar surface area (TPSA) is 122 Å². The van der Waals surface area contributed by atoms with E-state index < -0.39 is 5.91 Å². The van der Waals surface area contributed by atoms with Crippen molar-refractivity contribution in [2.75, 3.05) is 56.9 Å². The maximum absolute atomic E-state index is 11.4. The third-order valence-electron chi connectivity index (χ3n) is 6.91. The maximum Gasteiger partial charge on any atom is 0.251 e. The molecule has 2 aliphatic rings. The summed E-state index contributed by atoms with van der Waals surface area (Å²) in [6, 6.07) is 9.11. The standard InChI is InChI=1S/C24H31N9O/c1-30-8-6-20(7-9-30)32-12-10-31(11-13-32)19-4-2-17(3-5-19)21-15-27-22(25)24(29-21)33-16-18(14-28-33)23(26)34/h2-5,14-16,20H,6-13H2,1H3,(H2,25,27)(H2,26,34). The molecule has 4 heterocycles. The monoisotopic (exact) mass is 461 g/mol. The molecule has 5 rings (SSSR count). The number of piperidine rings is 1. The number of nitrogen functional groups attached to an aromatic ring is 1. The Labute approximate surface area is 199 Å². The molecule has 4 N–H and O–H groups in total. The van der Waals surface area contributed by atoms with Gasteiger partial charge in [0.05, 0.1) is 23.7 Å². The van der Waals surface area contributed by atoms with Crippen LogP contribution in [0.3, 0.4) is 0 Å². The minimum atomic E-state index is -0.559. The van der Waals surface area contributed by atoms with Crippen molar-refractivity contribution < 1.29 is 4.79 Å². The minimum absolute atomic E-state index is 0.224. The number of nitrogens with zero attached hydrogens (tertiary/aromatic N) is 7. The Morgan fingerprint density at radius 2 is 1.71 bits per heavy atom. The molecule has 10 heteroatoms. The lowest BCUT2D eigenvalue weighted by Gasteiger charge is -2.42. The van der Waals surface area contributed by atoms with E-state index in [1.165, 1.54) is 48.7 Å². The van der Waals surface area contributed by atoms with Gasteiger partial charge in [-0.15, -0.1) is 0 Å². The zero-order valence-corrected chi connectivity index (χ0v) is 19.5. The number of nitrogens with two attached hydrogens (primary N) is 2. The summed E-state index contributed by atoms with van der Waals surface area (Å²) >= 11 is 0. The van der Waals surface area contributed by atoms with Crippen LogP contribution >= 0.6 is 0 Å². The number of carbonyl (C=O) groups excluding carboxylic acids is 1. The fraction of sp³-hybridized carbons (Fsp3) is 0.417. The van der Waals surface area contributed by atoms with Gasteiger partial charge < -0.3 is 21.3 Å². The lowest BCUT2D eigenvalue weighted by atomic mass is 10.0. The van der Waals surface area contributed by atoms with Gasteiger partial charge in [-0.05, 0) is 45.1 Å². The van der Waals surface area contributed by atoms with Gasteiger partial charge >= 0.3 is 0 Å². The number of benzene rings is 1. The molecule has 10 nitrogen and oxygen atoms in total. The third-order valence-corrected chi connectivity index (χ3v) is 6.91. The van der Waals surface area contributed by atoms with Gasteiger partial charge in [0, 0.05) is 49.7 Å². The second kappa shape index (κ2) is 9.40. The SMILES string of the molecule is CN1CCC(N2CCN(c3ccc(-c4cnc(N)c(-n5cc(C(N)=O)cn5)n4)cc3)CC2)CC1. The van der Waals surface area contributed by atoms with Gasteiger partial charge in [-0.2, -0.15) is 5.10 Å². The average molecular weight is 462 g/mol. The molecule has 0 aliphatic carbocycles. The summed E-state index contributed by atoms with van der Waals surface area (Å²) in [6.45, 7) is 6.71. The summed E-state index contributed by atoms with van der Waals surface area (Å²) in [5.41, 5.74) is 14.5. The van der Waals surface area contributed by atoms with Crippen molar-refractivity contribution in [3.05, 3.63) is 48.4 Å². The molecule has 0 bridgehead atoms. The average Bonchev–Trinajstić information content (AvgIpc) is 3.36. The second-order valence-electron chi connectivity index (χ2n) is 9.11. The molecular formula is C24H31N9O. The molecule has 2 fully saturated rings. The Balaban J connectivity index is 1.26. The Morgan fingerprint density at radius 1 is 1.00 bits per heavy atom. The van der Waals surface area contributed by atoms with Crippen molar-refractivity contribution >= 4 is 17.4 Å². The molecule has 178 valence electrons. The van der Waals surface area contributed by atoms with Gasteiger partial charge in [0.2, 0.25) is 0 Å². The lowest BCUT2D eigenvalue weighted by Crippen LogP contribution is -2.53. The number of anilines is 2. The molecule has 2 aliphatic heterocycles. The molecule has 0 saturated carbocycles. The van der Waals surface area contributed by atoms with Crippen LogP contribution in [-0.2, 0) is 0 Å². The van der Waals surface area contributed by atoms with Crippen LogP contribution in [0.25, 0.3) is 17.1 Å². The fourth-order valence-electron chi connectivity index (χ4n) is 4.81. The fourth-order valence-corrected chi connectivity index (χ4v) is 4.81. The Hall–Kier alpha value is -3.50. The number of carbonyl (C=O) groups is 1. The smallest absolute Gasteiger partial charge is 0.251 e. The van der Waals surface area contributed by atoms with Crippen molar-refractivity contribution in [1.82, 2.24) is 29.5 Å². The summed E-state index contributed by atoms with van der Waals surface area (Å²) in [6.07, 6.45) is 7.08. The van der Waals surface area contributed by atoms with E-state index >= 15 is 0 Å². The Morgan fingerprint density at radius 3 is 2.35 bits per heavy atom. The van der Waals surface area contributed by atoms with Crippen molar-refractivity contribution in [1.29, 1.82) is 0 Å². The van der Waals surface area contributed by atoms with Crippen LogP contribution in [0, 0.1) is 0 Å². The first-order valence-corrected chi connectivity index (χ1v) is 11.7. The predicted octanol–water partition coefficient (Wildman–Crippen LogP) is 1.23. The molecule has 2 aromatic heterocycles. The van der Waals surface area contributed by atoms with Crippen LogP contribution in [0.4, 0.5) is 11.5 Å². The third kappa shape index (κ3) is 4.59. The Bertz CT molecular complexity index is 1140. The molecule has 0 unspecified atom stereocenters. The minimum Gasteiger partial charge on any atom is -0.381 e. The summed E-state index contributed by atoms with van der Waals surface area (Å²) < 4.78 is 1.42. The molecule has 3 aromatic rings. The van der Waals surface area contributed by atoms with E-state index in [2.05, 4.69) is 61.1 Å². The van der Waals surface area contributed by atoms with Crippen LogP contribution in [0.15, 0.2) is 42.9 Å². The van der Waals surface area contributed by atoms with Crippen LogP contribution in [0.5, 0.6) is 0 Å². The van der Waals surface area contributed by atoms with E-state index in [1.54, 1.807) is 6.20 Å². The highest BCUT2D eigenvalue weighted by atomic mass is 16.1. The van der Waals surface area contributed by atoms with E-state index in [4.69, 9.17) is 11.5 Å². The normalized spacial score (nSPS) is 18.3. The van der Waals surface area contributed by atoms with Gasteiger partial charge in [0.25, 0.3) is 5.91 Å². The largest absolute Gasteiger partial charge is 0.381 e. The number of hydrogen-bond acceptors (Lipinski definition) is 8. The van der Waals surface area contributed by atoms with E-state index in [9.17, 15) is 4.79 Å². The van der Waals surface area contributed by atoms with Crippen molar-refractivity contribution in [3.8, 4) is 17.1 Å². The van der Waals surface area contributed by atoms with Crippen LogP contribution in [0.1, 0.15) is 23.2 Å². The van der Waals surface area contributed by atoms with Crippen LogP contribution in [-0.4, -0.2) is 87.8 Å². The number of primary amides is 1.